The Labute approximate surface area is 295 Å². The predicted octanol–water partition coefficient (Wildman–Crippen LogP) is -3.11. The fraction of sp³-hybridized carbons (Fsp3) is 0.524. The quantitative estimate of drug-likeness (QED) is 0.0497. The molecule has 11 atom stereocenters. The van der Waals surface area contributed by atoms with Crippen LogP contribution in [-0.2, 0) is 38.8 Å². The van der Waals surface area contributed by atoms with E-state index in [2.05, 4.69) is 33.5 Å². The van der Waals surface area contributed by atoms with Gasteiger partial charge in [0.25, 0.3) is 17.1 Å². The van der Waals surface area contributed by atoms with Gasteiger partial charge in [0.05, 0.1) is 25.6 Å². The Morgan fingerprint density at radius 1 is 0.885 bits per heavy atom. The molecule has 6 rings (SSSR count). The number of aromatic amines is 2. The molecule has 2 fully saturated rings. The van der Waals surface area contributed by atoms with E-state index in [0.717, 1.165) is 10.9 Å². The molecule has 0 radical (unpaired) electrons. The number of imidazole rings is 2. The number of aliphatic hydroxyl groups is 4. The third-order valence-corrected chi connectivity index (χ3v) is 16.6. The van der Waals surface area contributed by atoms with Crippen LogP contribution in [0.4, 0.5) is 11.9 Å². The first kappa shape index (κ1) is 39.0. The Kier molecular flexibility index (Phi) is 10.6. The lowest BCUT2D eigenvalue weighted by Crippen LogP contribution is -2.46. The number of hydrogen-bond acceptors (Lipinski definition) is 20. The van der Waals surface area contributed by atoms with E-state index in [1.807, 2.05) is 0 Å². The lowest BCUT2D eigenvalue weighted by atomic mass is 10.1. The highest BCUT2D eigenvalue weighted by Crippen LogP contribution is 2.74. The molecule has 52 heavy (non-hydrogen) atoms. The predicted molar refractivity (Wildman–Crippen MR) is 177 cm³/mol. The minimum atomic E-state index is -5.79. The van der Waals surface area contributed by atoms with E-state index >= 15 is 0 Å². The highest BCUT2D eigenvalue weighted by Gasteiger charge is 2.50. The molecule has 0 aliphatic carbocycles. The number of phosphoric acid groups is 1. The number of nitrogen functional groups attached to an aromatic ring is 2. The van der Waals surface area contributed by atoms with Crippen LogP contribution in [-0.4, -0.2) is 117 Å². The summed E-state index contributed by atoms with van der Waals surface area (Å²) in [6.07, 6.45) is -9.94. The normalized spacial score (nSPS) is 30.1. The molecule has 286 valence electrons. The van der Waals surface area contributed by atoms with E-state index in [-0.39, 0.29) is 57.0 Å². The monoisotopic (exact) mass is 835 g/mol. The van der Waals surface area contributed by atoms with Gasteiger partial charge in [-0.2, -0.15) is 13.6 Å². The molecule has 0 spiro atoms. The standard InChI is InChI=1S/C21H29N10O16P3S2/c1-29-5-31(15-9(29)17(37)28-21(23)26-15)19-13(35)11(33)7(45-19)3-52-50(42,43)47-48(38,39)46-49(40,41)51-2-6-10(32)12(34)18(44-6)30-4-24-8-14(30)25-20(22)27-16(8)36/h4-7,10-13,18-19,32-35H,2-3H2,1H3,(H8-,22,23,25,26,27,28,36,37,38,39,40,41,42,43)/p+1/t6-,7+,10+,11+,12+,13+,18+,19+/m0/s1. The van der Waals surface area contributed by atoms with E-state index in [0.29, 0.717) is 0 Å². The molecule has 6 heterocycles. The number of nitrogens with zero attached hydrogens (tertiary/aromatic N) is 6. The second-order valence-corrected chi connectivity index (χ2v) is 20.9. The number of aromatic nitrogens is 8. The van der Waals surface area contributed by atoms with E-state index in [1.54, 1.807) is 0 Å². The van der Waals surface area contributed by atoms with Gasteiger partial charge in [-0.3, -0.25) is 28.7 Å². The SMILES string of the molecule is Cn1c[n+]([C@@H]2O[C@H](CSP(=O)(O)OP(=O)(O)OP(=O)(O)SC[C@@H]3O[C@@H](n4cnc5c(=O)[nH]c(N)nc54)[C@H](O)[C@@H]3O)[C@@H](O)[C@H]2O)c2nc(N)[nH]c(=O)c21. The average molecular weight is 836 g/mol. The third kappa shape index (κ3) is 7.74. The first-order valence-corrected chi connectivity index (χ1v) is 22.2. The summed E-state index contributed by atoms with van der Waals surface area (Å²) in [5, 5.41) is 42.3. The molecule has 0 bridgehead atoms. The number of ether oxygens (including phenoxy) is 2. The number of rotatable bonds is 12. The molecule has 2 saturated heterocycles. The fourth-order valence-corrected chi connectivity index (χ4v) is 13.9. The van der Waals surface area contributed by atoms with Gasteiger partial charge in [0.2, 0.25) is 17.7 Å². The van der Waals surface area contributed by atoms with Crippen molar-refractivity contribution in [3.63, 3.8) is 0 Å². The van der Waals surface area contributed by atoms with Crippen molar-refractivity contribution in [1.82, 2.24) is 34.1 Å². The third-order valence-electron chi connectivity index (χ3n) is 7.68. The maximum atomic E-state index is 12.7. The lowest BCUT2D eigenvalue weighted by molar-refractivity contribution is -0.745. The van der Waals surface area contributed by atoms with E-state index in [4.69, 9.17) is 20.9 Å². The van der Waals surface area contributed by atoms with E-state index < -0.39 is 93.1 Å². The highest BCUT2D eigenvalue weighted by molar-refractivity contribution is 8.56. The highest BCUT2D eigenvalue weighted by atomic mass is 32.7. The molecule has 4 aromatic rings. The Bertz CT molecular complexity index is 2290. The maximum absolute atomic E-state index is 12.7. The minimum absolute atomic E-state index is 0.0216. The summed E-state index contributed by atoms with van der Waals surface area (Å²) in [6, 6.07) is 0. The zero-order valence-corrected chi connectivity index (χ0v) is 30.3. The Morgan fingerprint density at radius 2 is 1.44 bits per heavy atom. The topological polar surface area (TPSA) is 400 Å². The minimum Gasteiger partial charge on any atom is -0.387 e. The summed E-state index contributed by atoms with van der Waals surface area (Å²) in [7, 11) is -4.30. The number of hydrogen-bond donors (Lipinski definition) is 11. The molecule has 0 saturated carbocycles. The van der Waals surface area contributed by atoms with Gasteiger partial charge in [0, 0.05) is 11.5 Å². The van der Waals surface area contributed by atoms with Crippen molar-refractivity contribution in [2.75, 3.05) is 23.0 Å². The number of nitrogens with one attached hydrogen (secondary N) is 2. The first-order chi connectivity index (χ1) is 24.2. The smallest absolute Gasteiger partial charge is 0.387 e. The molecule has 4 aromatic heterocycles. The molecule has 13 N–H and O–H groups in total. The number of aryl methyl sites for hydroxylation is 1. The summed E-state index contributed by atoms with van der Waals surface area (Å²) in [6.45, 7) is -10.5. The molecule has 2 aliphatic rings. The van der Waals surface area contributed by atoms with E-state index in [9.17, 15) is 58.4 Å². The second kappa shape index (κ2) is 14.2. The fourth-order valence-electron chi connectivity index (χ4n) is 5.44. The van der Waals surface area contributed by atoms with Crippen molar-refractivity contribution in [3.05, 3.63) is 33.4 Å². The van der Waals surface area contributed by atoms with Gasteiger partial charge in [-0.25, -0.2) is 23.2 Å². The molecule has 3 unspecified atom stereocenters. The zero-order chi connectivity index (χ0) is 38.1. The van der Waals surface area contributed by atoms with Gasteiger partial charge in [0.15, 0.2) is 23.7 Å². The van der Waals surface area contributed by atoms with Crippen LogP contribution in [0.15, 0.2) is 22.2 Å². The van der Waals surface area contributed by atoms with Crippen LogP contribution in [0.25, 0.3) is 22.3 Å². The van der Waals surface area contributed by atoms with Crippen LogP contribution < -0.4 is 27.2 Å². The van der Waals surface area contributed by atoms with Crippen LogP contribution in [0.3, 0.4) is 0 Å². The van der Waals surface area contributed by atoms with Crippen molar-refractivity contribution in [2.24, 2.45) is 7.05 Å². The molecular formula is C21H30N10O16P3S2+. The second-order valence-electron chi connectivity index (χ2n) is 11.3. The lowest BCUT2D eigenvalue weighted by Gasteiger charge is -2.20. The van der Waals surface area contributed by atoms with Crippen molar-refractivity contribution >= 4 is 78.4 Å². The number of anilines is 2. The summed E-state index contributed by atoms with van der Waals surface area (Å²) in [5.74, 6) is -1.82. The summed E-state index contributed by atoms with van der Waals surface area (Å²) in [4.78, 5) is 71.4. The Hall–Kier alpha value is -2.75. The molecule has 0 aromatic carbocycles. The van der Waals surface area contributed by atoms with Crippen LogP contribution in [0.2, 0.25) is 0 Å². The molecule has 0 amide bonds. The van der Waals surface area contributed by atoms with Gasteiger partial charge in [-0.1, -0.05) is 4.98 Å². The zero-order valence-electron chi connectivity index (χ0n) is 26.0. The van der Waals surface area contributed by atoms with Crippen molar-refractivity contribution in [2.45, 2.75) is 49.1 Å². The molecule has 26 nitrogen and oxygen atoms in total. The summed E-state index contributed by atoms with van der Waals surface area (Å²) >= 11 is -0.0977. The average Bonchev–Trinajstić information content (AvgIpc) is 3.74. The number of fused-ring (bicyclic) bond motifs is 2. The molecule has 31 heteroatoms. The first-order valence-electron chi connectivity index (χ1n) is 14.4. The Morgan fingerprint density at radius 3 is 2.08 bits per heavy atom. The van der Waals surface area contributed by atoms with Crippen molar-refractivity contribution < 1.29 is 71.5 Å². The maximum Gasteiger partial charge on any atom is 0.487 e. The number of nitrogens with two attached hydrogens (primary N) is 2. The van der Waals surface area contributed by atoms with Crippen molar-refractivity contribution in [3.8, 4) is 0 Å². The number of H-pyrrole nitrogens is 2. The summed E-state index contributed by atoms with van der Waals surface area (Å²) < 4.78 is 61.4. The van der Waals surface area contributed by atoms with Gasteiger partial charge in [-0.05, 0) is 22.8 Å². The summed E-state index contributed by atoms with van der Waals surface area (Å²) in [5.41, 5.74) is 9.63. The van der Waals surface area contributed by atoms with Crippen LogP contribution in [0.5, 0.6) is 0 Å². The van der Waals surface area contributed by atoms with Crippen LogP contribution in [0.1, 0.15) is 12.5 Å². The van der Waals surface area contributed by atoms with Crippen LogP contribution in [0, 0.1) is 0 Å². The van der Waals surface area contributed by atoms with Gasteiger partial charge >= 0.3 is 27.1 Å². The van der Waals surface area contributed by atoms with Crippen LogP contribution >= 0.6 is 44.2 Å². The van der Waals surface area contributed by atoms with Gasteiger partial charge in [0.1, 0.15) is 24.4 Å². The van der Waals surface area contributed by atoms with Crippen molar-refractivity contribution in [1.29, 1.82) is 0 Å². The Balaban J connectivity index is 1.05. The molecular weight excluding hydrogens is 805 g/mol. The largest absolute Gasteiger partial charge is 0.487 e. The van der Waals surface area contributed by atoms with E-state index in [1.165, 1.54) is 22.5 Å². The van der Waals surface area contributed by atoms with Gasteiger partial charge < -0.3 is 56.0 Å². The number of aliphatic hydroxyl groups excluding tert-OH is 4. The van der Waals surface area contributed by atoms with Gasteiger partial charge in [-0.15, -0.1) is 0 Å². The molecule has 2 aliphatic heterocycles.